The van der Waals surface area contributed by atoms with Crippen LogP contribution in [0.15, 0.2) is 16.6 Å². The smallest absolute Gasteiger partial charge is 0.420 e. The summed E-state index contributed by atoms with van der Waals surface area (Å²) in [6, 6.07) is 4.05. The lowest BCUT2D eigenvalue weighted by atomic mass is 10.0. The van der Waals surface area contributed by atoms with E-state index >= 15 is 0 Å². The number of hydrogen-bond acceptors (Lipinski definition) is 2. The zero-order valence-corrected chi connectivity index (χ0v) is 8.85. The van der Waals surface area contributed by atoms with Gasteiger partial charge in [-0.2, -0.15) is 18.4 Å². The minimum atomic E-state index is -4.67. The number of phenolic OH excluding ortho intramolecular Hbond substituents is 1. The van der Waals surface area contributed by atoms with E-state index in [4.69, 9.17) is 5.26 Å². The second-order valence-corrected chi connectivity index (χ2v) is 3.62. The highest BCUT2D eigenvalue weighted by Gasteiger charge is 2.37. The molecule has 1 aromatic rings. The van der Waals surface area contributed by atoms with E-state index in [0.717, 1.165) is 6.07 Å². The van der Waals surface area contributed by atoms with Crippen LogP contribution in [0.2, 0.25) is 0 Å². The van der Waals surface area contributed by atoms with Crippen molar-refractivity contribution in [3.05, 3.63) is 27.7 Å². The predicted octanol–water partition coefficient (Wildman–Crippen LogP) is 3.24. The number of halogens is 4. The predicted molar refractivity (Wildman–Crippen MR) is 50.1 cm³/mol. The minimum Gasteiger partial charge on any atom is -0.506 e. The fourth-order valence-electron chi connectivity index (χ4n) is 1.16. The van der Waals surface area contributed by atoms with Crippen LogP contribution in [0.1, 0.15) is 11.1 Å². The molecule has 0 bridgehead atoms. The molecule has 0 fully saturated rings. The quantitative estimate of drug-likeness (QED) is 0.858. The Morgan fingerprint density at radius 2 is 2.00 bits per heavy atom. The molecule has 15 heavy (non-hydrogen) atoms. The minimum absolute atomic E-state index is 0.0449. The monoisotopic (exact) mass is 279 g/mol. The van der Waals surface area contributed by atoms with Gasteiger partial charge in [-0.1, -0.05) is 6.07 Å². The molecule has 0 aliphatic carbocycles. The standard InChI is InChI=1S/C9H5BrF3NO/c10-6-2-1-5(3-4-14)7(8(6)15)9(11,12)13/h1-2,15H,3H2. The number of rotatable bonds is 1. The Morgan fingerprint density at radius 3 is 2.47 bits per heavy atom. The molecule has 1 aromatic carbocycles. The van der Waals surface area contributed by atoms with E-state index in [0.29, 0.717) is 0 Å². The fourth-order valence-corrected chi connectivity index (χ4v) is 1.49. The van der Waals surface area contributed by atoms with Crippen molar-refractivity contribution in [1.82, 2.24) is 0 Å². The summed E-state index contributed by atoms with van der Waals surface area (Å²) in [4.78, 5) is 0. The lowest BCUT2D eigenvalue weighted by molar-refractivity contribution is -0.139. The second kappa shape index (κ2) is 4.11. The summed E-state index contributed by atoms with van der Waals surface area (Å²) in [5.41, 5.74) is -1.39. The molecule has 0 radical (unpaired) electrons. The summed E-state index contributed by atoms with van der Waals surface area (Å²) in [5, 5.41) is 17.6. The van der Waals surface area contributed by atoms with E-state index < -0.39 is 23.9 Å². The molecule has 0 aliphatic rings. The number of aromatic hydroxyl groups is 1. The van der Waals surface area contributed by atoms with E-state index in [2.05, 4.69) is 15.9 Å². The molecule has 0 spiro atoms. The molecule has 80 valence electrons. The van der Waals surface area contributed by atoms with Crippen LogP contribution in [-0.2, 0) is 12.6 Å². The van der Waals surface area contributed by atoms with Crippen LogP contribution in [0, 0.1) is 11.3 Å². The summed E-state index contributed by atoms with van der Waals surface area (Å²) in [6.07, 6.45) is -5.06. The van der Waals surface area contributed by atoms with Gasteiger partial charge in [0.25, 0.3) is 0 Å². The Bertz CT molecular complexity index is 423. The van der Waals surface area contributed by atoms with E-state index in [1.54, 1.807) is 6.07 Å². The molecule has 0 aromatic heterocycles. The topological polar surface area (TPSA) is 44.0 Å². The second-order valence-electron chi connectivity index (χ2n) is 2.76. The molecular weight excluding hydrogens is 275 g/mol. The van der Waals surface area contributed by atoms with Gasteiger partial charge in [0.1, 0.15) is 11.3 Å². The van der Waals surface area contributed by atoms with Crippen molar-refractivity contribution in [2.24, 2.45) is 0 Å². The number of alkyl halides is 3. The van der Waals surface area contributed by atoms with Gasteiger partial charge in [-0.05, 0) is 27.6 Å². The zero-order valence-electron chi connectivity index (χ0n) is 7.27. The Labute approximate surface area is 92.1 Å². The Morgan fingerprint density at radius 1 is 1.40 bits per heavy atom. The van der Waals surface area contributed by atoms with Gasteiger partial charge in [0, 0.05) is 0 Å². The molecule has 0 atom stereocenters. The van der Waals surface area contributed by atoms with Gasteiger partial charge in [0.05, 0.1) is 17.0 Å². The first-order valence-electron chi connectivity index (χ1n) is 3.82. The highest BCUT2D eigenvalue weighted by Crippen LogP contribution is 2.41. The van der Waals surface area contributed by atoms with Gasteiger partial charge in [-0.3, -0.25) is 0 Å². The number of hydrogen-bond donors (Lipinski definition) is 1. The molecule has 2 nitrogen and oxygen atoms in total. The zero-order chi connectivity index (χ0) is 11.6. The van der Waals surface area contributed by atoms with Crippen LogP contribution >= 0.6 is 15.9 Å². The molecule has 0 saturated heterocycles. The molecular formula is C9H5BrF3NO. The summed E-state index contributed by atoms with van der Waals surface area (Å²) >= 11 is 2.79. The maximum Gasteiger partial charge on any atom is 0.420 e. The van der Waals surface area contributed by atoms with Crippen molar-refractivity contribution in [2.45, 2.75) is 12.6 Å². The summed E-state index contributed by atoms with van der Waals surface area (Å²) in [7, 11) is 0. The van der Waals surface area contributed by atoms with Crippen molar-refractivity contribution in [3.63, 3.8) is 0 Å². The third-order valence-corrected chi connectivity index (χ3v) is 2.41. The van der Waals surface area contributed by atoms with Crippen LogP contribution in [-0.4, -0.2) is 5.11 Å². The molecule has 0 amide bonds. The molecule has 0 saturated carbocycles. The van der Waals surface area contributed by atoms with E-state index in [1.165, 1.54) is 6.07 Å². The summed E-state index contributed by atoms with van der Waals surface area (Å²) in [5.74, 6) is -0.879. The van der Waals surface area contributed by atoms with Crippen LogP contribution in [0.25, 0.3) is 0 Å². The molecule has 0 unspecified atom stereocenters. The first-order valence-corrected chi connectivity index (χ1v) is 4.61. The van der Waals surface area contributed by atoms with Crippen LogP contribution in [0.5, 0.6) is 5.75 Å². The van der Waals surface area contributed by atoms with E-state index in [-0.39, 0.29) is 10.0 Å². The van der Waals surface area contributed by atoms with Crippen LogP contribution < -0.4 is 0 Å². The van der Waals surface area contributed by atoms with Crippen molar-refractivity contribution in [1.29, 1.82) is 5.26 Å². The van der Waals surface area contributed by atoms with Crippen molar-refractivity contribution in [2.75, 3.05) is 0 Å². The third kappa shape index (κ3) is 2.42. The highest BCUT2D eigenvalue weighted by atomic mass is 79.9. The first-order chi connectivity index (χ1) is 6.88. The largest absolute Gasteiger partial charge is 0.506 e. The average Bonchev–Trinajstić information content (AvgIpc) is 2.10. The number of nitrogens with zero attached hydrogens (tertiary/aromatic N) is 1. The molecule has 6 heteroatoms. The molecule has 0 aliphatic heterocycles. The van der Waals surface area contributed by atoms with Crippen molar-refractivity contribution in [3.8, 4) is 11.8 Å². The Balaban J connectivity index is 3.43. The first kappa shape index (κ1) is 11.9. The highest BCUT2D eigenvalue weighted by molar-refractivity contribution is 9.10. The van der Waals surface area contributed by atoms with Gasteiger partial charge in [-0.15, -0.1) is 0 Å². The van der Waals surface area contributed by atoms with Crippen LogP contribution in [0.4, 0.5) is 13.2 Å². The number of benzene rings is 1. The molecule has 1 N–H and O–H groups in total. The van der Waals surface area contributed by atoms with E-state index in [1.807, 2.05) is 0 Å². The fraction of sp³-hybridized carbons (Fsp3) is 0.222. The SMILES string of the molecule is N#CCc1ccc(Br)c(O)c1C(F)(F)F. The number of phenols is 1. The maximum absolute atomic E-state index is 12.5. The average molecular weight is 280 g/mol. The van der Waals surface area contributed by atoms with Crippen LogP contribution in [0.3, 0.4) is 0 Å². The number of nitriles is 1. The van der Waals surface area contributed by atoms with Gasteiger partial charge in [0.15, 0.2) is 0 Å². The summed E-state index contributed by atoms with van der Waals surface area (Å²) < 4.78 is 37.5. The van der Waals surface area contributed by atoms with Gasteiger partial charge >= 0.3 is 6.18 Å². The third-order valence-electron chi connectivity index (χ3n) is 1.77. The lowest BCUT2D eigenvalue weighted by Gasteiger charge is -2.13. The van der Waals surface area contributed by atoms with Crippen molar-refractivity contribution >= 4 is 15.9 Å². The molecule has 0 heterocycles. The van der Waals surface area contributed by atoms with Gasteiger partial charge in [-0.25, -0.2) is 0 Å². The summed E-state index contributed by atoms with van der Waals surface area (Å²) in [6.45, 7) is 0. The lowest BCUT2D eigenvalue weighted by Crippen LogP contribution is -2.09. The van der Waals surface area contributed by atoms with Gasteiger partial charge in [0.2, 0.25) is 0 Å². The van der Waals surface area contributed by atoms with Gasteiger partial charge < -0.3 is 5.11 Å². The normalized spacial score (nSPS) is 11.1. The molecule has 1 rings (SSSR count). The maximum atomic E-state index is 12.5. The Kier molecular flexibility index (Phi) is 3.25. The Hall–Kier alpha value is -1.22. The van der Waals surface area contributed by atoms with E-state index in [9.17, 15) is 18.3 Å². The van der Waals surface area contributed by atoms with Crippen molar-refractivity contribution < 1.29 is 18.3 Å².